The summed E-state index contributed by atoms with van der Waals surface area (Å²) >= 11 is 3.49. The normalized spacial score (nSPS) is 16.5. The molecule has 1 saturated heterocycles. The van der Waals surface area contributed by atoms with E-state index in [0.717, 1.165) is 36.6 Å². The molecule has 2 rings (SSSR count). The van der Waals surface area contributed by atoms with Crippen molar-refractivity contribution in [3.05, 3.63) is 34.3 Å². The van der Waals surface area contributed by atoms with E-state index in [4.69, 9.17) is 0 Å². The molecule has 6 heteroatoms. The molecule has 0 saturated carbocycles. The molecule has 1 heterocycles. The van der Waals surface area contributed by atoms with Gasteiger partial charge < -0.3 is 10.6 Å². The van der Waals surface area contributed by atoms with Crippen LogP contribution in [0.4, 0.5) is 0 Å². The van der Waals surface area contributed by atoms with Crippen LogP contribution in [0.15, 0.2) is 33.7 Å². The Labute approximate surface area is 172 Å². The minimum Gasteiger partial charge on any atom is -0.356 e. The fourth-order valence-electron chi connectivity index (χ4n) is 2.85. The number of unbranched alkanes of at least 4 members (excludes halogenated alkanes) is 1. The molecule has 0 radical (unpaired) electrons. The van der Waals surface area contributed by atoms with Gasteiger partial charge in [-0.2, -0.15) is 0 Å². The summed E-state index contributed by atoms with van der Waals surface area (Å²) in [4.78, 5) is 6.86. The van der Waals surface area contributed by atoms with Crippen LogP contribution in [0.2, 0.25) is 0 Å². The first-order chi connectivity index (χ1) is 11.2. The van der Waals surface area contributed by atoms with E-state index in [0.29, 0.717) is 6.04 Å². The average molecular weight is 509 g/mol. The number of piperidine rings is 1. The minimum absolute atomic E-state index is 0. The number of benzene rings is 1. The van der Waals surface area contributed by atoms with Crippen LogP contribution < -0.4 is 10.6 Å². The van der Waals surface area contributed by atoms with E-state index < -0.39 is 0 Å². The Morgan fingerprint density at radius 3 is 2.50 bits per heavy atom. The summed E-state index contributed by atoms with van der Waals surface area (Å²) in [6, 6.07) is 9.18. The monoisotopic (exact) mass is 508 g/mol. The third kappa shape index (κ3) is 7.70. The Morgan fingerprint density at radius 2 is 1.92 bits per heavy atom. The Hall–Kier alpha value is -0.340. The molecule has 1 aliphatic rings. The van der Waals surface area contributed by atoms with Gasteiger partial charge in [-0.3, -0.25) is 9.89 Å². The van der Waals surface area contributed by atoms with Crippen LogP contribution >= 0.6 is 39.9 Å². The first-order valence-corrected chi connectivity index (χ1v) is 9.44. The van der Waals surface area contributed by atoms with Crippen molar-refractivity contribution in [2.45, 2.75) is 45.2 Å². The van der Waals surface area contributed by atoms with Crippen LogP contribution in [0.3, 0.4) is 0 Å². The van der Waals surface area contributed by atoms with Gasteiger partial charge in [0.15, 0.2) is 5.96 Å². The van der Waals surface area contributed by atoms with Crippen molar-refractivity contribution in [2.24, 2.45) is 4.99 Å². The fourth-order valence-corrected chi connectivity index (χ4v) is 3.12. The number of nitrogens with one attached hydrogen (secondary N) is 2. The Morgan fingerprint density at radius 1 is 1.25 bits per heavy atom. The topological polar surface area (TPSA) is 39.7 Å². The molecule has 1 aromatic rings. The maximum Gasteiger partial charge on any atom is 0.191 e. The first-order valence-electron chi connectivity index (χ1n) is 8.65. The van der Waals surface area contributed by atoms with Crippen molar-refractivity contribution in [2.75, 3.05) is 26.7 Å². The van der Waals surface area contributed by atoms with E-state index in [1.165, 1.54) is 31.2 Å². The molecule has 1 fully saturated rings. The minimum atomic E-state index is 0. The van der Waals surface area contributed by atoms with E-state index in [2.05, 4.69) is 67.6 Å². The highest BCUT2D eigenvalue weighted by Gasteiger charge is 2.19. The molecule has 0 unspecified atom stereocenters. The van der Waals surface area contributed by atoms with Gasteiger partial charge >= 0.3 is 0 Å². The summed E-state index contributed by atoms with van der Waals surface area (Å²) in [5, 5.41) is 6.96. The highest BCUT2D eigenvalue weighted by molar-refractivity contribution is 14.0. The Balaban J connectivity index is 0.00000288. The molecule has 1 aromatic carbocycles. The van der Waals surface area contributed by atoms with E-state index in [9.17, 15) is 0 Å². The smallest absolute Gasteiger partial charge is 0.191 e. The lowest BCUT2D eigenvalue weighted by Crippen LogP contribution is -2.48. The summed E-state index contributed by atoms with van der Waals surface area (Å²) in [7, 11) is 1.85. The summed E-state index contributed by atoms with van der Waals surface area (Å²) in [5.41, 5.74) is 1.39. The van der Waals surface area contributed by atoms with Crippen molar-refractivity contribution in [1.82, 2.24) is 15.5 Å². The molecule has 0 spiro atoms. The van der Waals surface area contributed by atoms with Crippen LogP contribution in [0.1, 0.15) is 38.2 Å². The number of rotatable bonds is 6. The predicted octanol–water partition coefficient (Wildman–Crippen LogP) is 4.00. The number of aliphatic imine (C=N–C) groups is 1. The summed E-state index contributed by atoms with van der Waals surface area (Å²) in [5.74, 6) is 0.949. The summed E-state index contributed by atoms with van der Waals surface area (Å²) < 4.78 is 1.14. The zero-order chi connectivity index (χ0) is 16.5. The second-order valence-electron chi connectivity index (χ2n) is 6.17. The van der Waals surface area contributed by atoms with Gasteiger partial charge in [0, 0.05) is 43.7 Å². The van der Waals surface area contributed by atoms with Crippen molar-refractivity contribution >= 4 is 45.9 Å². The van der Waals surface area contributed by atoms with Crippen molar-refractivity contribution in [1.29, 1.82) is 0 Å². The number of likely N-dealkylation sites (tertiary alicyclic amines) is 1. The molecule has 2 N–H and O–H groups in total. The van der Waals surface area contributed by atoms with Gasteiger partial charge in [0.25, 0.3) is 0 Å². The predicted molar refractivity (Wildman–Crippen MR) is 117 cm³/mol. The van der Waals surface area contributed by atoms with Crippen molar-refractivity contribution in [3.63, 3.8) is 0 Å². The molecular formula is C18H30BrIN4. The van der Waals surface area contributed by atoms with E-state index >= 15 is 0 Å². The molecule has 0 amide bonds. The molecule has 0 aromatic heterocycles. The Kier molecular flexibility index (Phi) is 10.9. The van der Waals surface area contributed by atoms with Gasteiger partial charge in [-0.05, 0) is 37.0 Å². The average Bonchev–Trinajstić information content (AvgIpc) is 2.58. The van der Waals surface area contributed by atoms with Crippen LogP contribution in [0.25, 0.3) is 0 Å². The number of hydrogen-bond acceptors (Lipinski definition) is 2. The first kappa shape index (κ1) is 21.7. The van der Waals surface area contributed by atoms with Crippen LogP contribution in [0.5, 0.6) is 0 Å². The quantitative estimate of drug-likeness (QED) is 0.264. The highest BCUT2D eigenvalue weighted by atomic mass is 127. The van der Waals surface area contributed by atoms with Gasteiger partial charge in [-0.15, -0.1) is 24.0 Å². The van der Waals surface area contributed by atoms with Crippen LogP contribution in [-0.2, 0) is 6.54 Å². The SMILES string of the molecule is CCCCNC(=NC)NC1CCN(Cc2ccc(Br)cc2)CC1.I. The molecule has 24 heavy (non-hydrogen) atoms. The van der Waals surface area contributed by atoms with E-state index in [1.807, 2.05) is 7.05 Å². The number of hydrogen-bond donors (Lipinski definition) is 2. The van der Waals surface area contributed by atoms with Crippen LogP contribution in [0, 0.1) is 0 Å². The molecule has 136 valence electrons. The number of halogens is 2. The third-order valence-corrected chi connectivity index (χ3v) is 4.82. The highest BCUT2D eigenvalue weighted by Crippen LogP contribution is 2.16. The van der Waals surface area contributed by atoms with Crippen molar-refractivity contribution in [3.8, 4) is 0 Å². The lowest BCUT2D eigenvalue weighted by Gasteiger charge is -2.33. The van der Waals surface area contributed by atoms with Gasteiger partial charge in [0.1, 0.15) is 0 Å². The van der Waals surface area contributed by atoms with E-state index in [1.54, 1.807) is 0 Å². The van der Waals surface area contributed by atoms with Crippen LogP contribution in [-0.4, -0.2) is 43.6 Å². The molecular weight excluding hydrogens is 479 g/mol. The fraction of sp³-hybridized carbons (Fsp3) is 0.611. The third-order valence-electron chi connectivity index (χ3n) is 4.29. The maximum absolute atomic E-state index is 4.33. The largest absolute Gasteiger partial charge is 0.356 e. The van der Waals surface area contributed by atoms with Gasteiger partial charge in [-0.1, -0.05) is 41.4 Å². The molecule has 0 atom stereocenters. The zero-order valence-electron chi connectivity index (χ0n) is 14.7. The van der Waals surface area contributed by atoms with Crippen molar-refractivity contribution < 1.29 is 0 Å². The zero-order valence-corrected chi connectivity index (χ0v) is 18.6. The maximum atomic E-state index is 4.33. The second-order valence-corrected chi connectivity index (χ2v) is 7.09. The van der Waals surface area contributed by atoms with Gasteiger partial charge in [-0.25, -0.2) is 0 Å². The molecule has 0 bridgehead atoms. The molecule has 4 nitrogen and oxygen atoms in total. The number of nitrogens with zero attached hydrogens (tertiary/aromatic N) is 2. The van der Waals surface area contributed by atoms with E-state index in [-0.39, 0.29) is 24.0 Å². The Bertz CT molecular complexity index is 484. The van der Waals surface area contributed by atoms with Gasteiger partial charge in [0.2, 0.25) is 0 Å². The molecule has 0 aliphatic carbocycles. The number of guanidine groups is 1. The summed E-state index contributed by atoms with van der Waals surface area (Å²) in [6.07, 6.45) is 4.74. The van der Waals surface area contributed by atoms with Gasteiger partial charge in [0.05, 0.1) is 0 Å². The summed E-state index contributed by atoms with van der Waals surface area (Å²) in [6.45, 7) is 6.53. The lowest BCUT2D eigenvalue weighted by atomic mass is 10.0. The second kappa shape index (κ2) is 12.1. The standard InChI is InChI=1S/C18H29BrN4.HI/c1-3-4-11-21-18(20-2)22-17-9-12-23(13-10-17)14-15-5-7-16(19)8-6-15;/h5-8,17H,3-4,9-14H2,1-2H3,(H2,20,21,22);1H. The lowest BCUT2D eigenvalue weighted by molar-refractivity contribution is 0.198. The molecule has 1 aliphatic heterocycles.